The Labute approximate surface area is 121 Å². The highest BCUT2D eigenvalue weighted by molar-refractivity contribution is 5.42. The van der Waals surface area contributed by atoms with Gasteiger partial charge in [0.25, 0.3) is 0 Å². The van der Waals surface area contributed by atoms with Crippen LogP contribution in [0.5, 0.6) is 5.75 Å². The Bertz CT molecular complexity index is 600. The van der Waals surface area contributed by atoms with E-state index in [-0.39, 0.29) is 11.8 Å². The van der Waals surface area contributed by atoms with E-state index >= 15 is 0 Å². The molecule has 0 bridgehead atoms. The van der Waals surface area contributed by atoms with Crippen molar-refractivity contribution in [3.63, 3.8) is 0 Å². The van der Waals surface area contributed by atoms with Crippen LogP contribution in [0.2, 0.25) is 0 Å². The average molecular weight is 295 g/mol. The highest BCUT2D eigenvalue weighted by atomic mass is 19.4. The van der Waals surface area contributed by atoms with Gasteiger partial charge in [-0.1, -0.05) is 30.3 Å². The first-order valence-corrected chi connectivity index (χ1v) is 6.45. The van der Waals surface area contributed by atoms with Crippen molar-refractivity contribution in [2.24, 2.45) is 5.73 Å². The van der Waals surface area contributed by atoms with E-state index in [4.69, 9.17) is 5.73 Å². The number of alkyl halides is 3. The molecule has 0 aliphatic carbocycles. The largest absolute Gasteiger partial charge is 0.573 e. The number of halogens is 3. The summed E-state index contributed by atoms with van der Waals surface area (Å²) in [6, 6.07) is 11.1. The van der Waals surface area contributed by atoms with E-state index in [1.165, 1.54) is 12.1 Å². The summed E-state index contributed by atoms with van der Waals surface area (Å²) in [7, 11) is 0. The molecule has 112 valence electrons. The van der Waals surface area contributed by atoms with Gasteiger partial charge in [-0.2, -0.15) is 0 Å². The quantitative estimate of drug-likeness (QED) is 0.918. The number of ether oxygens (including phenoxy) is 1. The van der Waals surface area contributed by atoms with Crippen molar-refractivity contribution in [3.8, 4) is 5.75 Å². The lowest BCUT2D eigenvalue weighted by Gasteiger charge is -2.18. The van der Waals surface area contributed by atoms with E-state index in [9.17, 15) is 13.2 Å². The van der Waals surface area contributed by atoms with Gasteiger partial charge in [-0.3, -0.25) is 0 Å². The Hall–Kier alpha value is -2.01. The third kappa shape index (κ3) is 3.76. The number of rotatable bonds is 3. The lowest BCUT2D eigenvalue weighted by molar-refractivity contribution is -0.274. The molecular weight excluding hydrogens is 279 g/mol. The van der Waals surface area contributed by atoms with E-state index < -0.39 is 6.36 Å². The molecule has 0 saturated carbocycles. The van der Waals surface area contributed by atoms with Gasteiger partial charge in [0.2, 0.25) is 0 Å². The molecule has 2 aromatic rings. The van der Waals surface area contributed by atoms with Crippen LogP contribution in [0.15, 0.2) is 42.5 Å². The SMILES string of the molecule is Cc1cccc(C)c1[C@H](N)c1ccc(OC(F)(F)F)cc1. The Kier molecular flexibility index (Phi) is 4.23. The molecule has 1 atom stereocenters. The molecule has 2 rings (SSSR count). The maximum atomic E-state index is 12.1. The van der Waals surface area contributed by atoms with Gasteiger partial charge in [-0.15, -0.1) is 13.2 Å². The lowest BCUT2D eigenvalue weighted by Crippen LogP contribution is -2.17. The van der Waals surface area contributed by atoms with Crippen LogP contribution < -0.4 is 10.5 Å². The average Bonchev–Trinajstić information content (AvgIpc) is 2.37. The van der Waals surface area contributed by atoms with Crippen LogP contribution >= 0.6 is 0 Å². The Morgan fingerprint density at radius 2 is 1.48 bits per heavy atom. The molecule has 0 spiro atoms. The molecule has 0 heterocycles. The highest BCUT2D eigenvalue weighted by Gasteiger charge is 2.31. The monoisotopic (exact) mass is 295 g/mol. The fourth-order valence-corrected chi connectivity index (χ4v) is 2.36. The van der Waals surface area contributed by atoms with Crippen LogP contribution in [-0.2, 0) is 0 Å². The third-order valence-electron chi connectivity index (χ3n) is 3.33. The predicted octanol–water partition coefficient (Wildman–Crippen LogP) is 4.25. The van der Waals surface area contributed by atoms with Gasteiger partial charge >= 0.3 is 6.36 Å². The van der Waals surface area contributed by atoms with E-state index in [1.54, 1.807) is 12.1 Å². The van der Waals surface area contributed by atoms with Crippen LogP contribution in [0.25, 0.3) is 0 Å². The molecule has 0 aliphatic rings. The minimum absolute atomic E-state index is 0.250. The molecule has 0 aromatic heterocycles. The topological polar surface area (TPSA) is 35.2 Å². The van der Waals surface area contributed by atoms with Crippen molar-refractivity contribution in [2.45, 2.75) is 26.3 Å². The second kappa shape index (κ2) is 5.77. The molecule has 2 N–H and O–H groups in total. The van der Waals surface area contributed by atoms with Crippen LogP contribution in [-0.4, -0.2) is 6.36 Å². The summed E-state index contributed by atoms with van der Waals surface area (Å²) in [6.45, 7) is 3.92. The minimum atomic E-state index is -4.68. The fraction of sp³-hybridized carbons (Fsp3) is 0.250. The zero-order chi connectivity index (χ0) is 15.6. The molecule has 0 radical (unpaired) electrons. The van der Waals surface area contributed by atoms with Crippen LogP contribution in [0.4, 0.5) is 13.2 Å². The van der Waals surface area contributed by atoms with Crippen LogP contribution in [0, 0.1) is 13.8 Å². The molecule has 2 aromatic carbocycles. The van der Waals surface area contributed by atoms with Gasteiger partial charge in [0, 0.05) is 0 Å². The van der Waals surface area contributed by atoms with Crippen molar-refractivity contribution >= 4 is 0 Å². The molecule has 0 fully saturated rings. The van der Waals surface area contributed by atoms with Crippen LogP contribution in [0.3, 0.4) is 0 Å². The zero-order valence-corrected chi connectivity index (χ0v) is 11.7. The van der Waals surface area contributed by atoms with Crippen LogP contribution in [0.1, 0.15) is 28.3 Å². The summed E-state index contributed by atoms with van der Waals surface area (Å²) in [5, 5.41) is 0. The predicted molar refractivity (Wildman–Crippen MR) is 75.1 cm³/mol. The summed E-state index contributed by atoms with van der Waals surface area (Å²) in [4.78, 5) is 0. The van der Waals surface area contributed by atoms with Crippen molar-refractivity contribution < 1.29 is 17.9 Å². The van der Waals surface area contributed by atoms with Crippen molar-refractivity contribution in [2.75, 3.05) is 0 Å². The summed E-state index contributed by atoms with van der Waals surface area (Å²) < 4.78 is 40.2. The number of nitrogens with two attached hydrogens (primary N) is 1. The normalized spacial score (nSPS) is 13.0. The summed E-state index contributed by atoms with van der Waals surface area (Å²) in [6.07, 6.45) is -4.68. The number of benzene rings is 2. The van der Waals surface area contributed by atoms with Gasteiger partial charge < -0.3 is 10.5 Å². The van der Waals surface area contributed by atoms with Gasteiger partial charge in [0.15, 0.2) is 0 Å². The second-order valence-corrected chi connectivity index (χ2v) is 4.90. The van der Waals surface area contributed by atoms with Crippen molar-refractivity contribution in [3.05, 3.63) is 64.7 Å². The number of hydrogen-bond donors (Lipinski definition) is 1. The van der Waals surface area contributed by atoms with E-state index in [2.05, 4.69) is 4.74 Å². The summed E-state index contributed by atoms with van der Waals surface area (Å²) in [5.74, 6) is -0.250. The zero-order valence-electron chi connectivity index (χ0n) is 11.7. The maximum absolute atomic E-state index is 12.1. The smallest absolute Gasteiger partial charge is 0.406 e. The Morgan fingerprint density at radius 1 is 0.952 bits per heavy atom. The van der Waals surface area contributed by atoms with Gasteiger partial charge in [0.1, 0.15) is 5.75 Å². The van der Waals surface area contributed by atoms with E-state index in [0.29, 0.717) is 0 Å². The molecule has 0 saturated heterocycles. The maximum Gasteiger partial charge on any atom is 0.573 e. The number of hydrogen-bond acceptors (Lipinski definition) is 2. The number of aryl methyl sites for hydroxylation is 2. The highest BCUT2D eigenvalue weighted by Crippen LogP contribution is 2.28. The molecule has 5 heteroatoms. The van der Waals surface area contributed by atoms with Gasteiger partial charge in [0.05, 0.1) is 6.04 Å². The van der Waals surface area contributed by atoms with Crippen molar-refractivity contribution in [1.29, 1.82) is 0 Å². The molecule has 0 aliphatic heterocycles. The van der Waals surface area contributed by atoms with Gasteiger partial charge in [-0.25, -0.2) is 0 Å². The first-order chi connectivity index (χ1) is 9.78. The Balaban J connectivity index is 2.26. The summed E-state index contributed by atoms with van der Waals surface area (Å²) >= 11 is 0. The van der Waals surface area contributed by atoms with E-state index in [1.807, 2.05) is 32.0 Å². The summed E-state index contributed by atoms with van der Waals surface area (Å²) in [5.41, 5.74) is 10.1. The third-order valence-corrected chi connectivity index (χ3v) is 3.33. The first-order valence-electron chi connectivity index (χ1n) is 6.45. The molecule has 2 nitrogen and oxygen atoms in total. The molecular formula is C16H16F3NO. The first kappa shape index (κ1) is 15.4. The lowest BCUT2D eigenvalue weighted by atomic mass is 9.92. The standard InChI is InChI=1S/C16H16F3NO/c1-10-4-3-5-11(2)14(10)15(20)12-6-8-13(9-7-12)21-16(17,18)19/h3-9,15H,20H2,1-2H3/t15-/m1/s1. The van der Waals surface area contributed by atoms with Gasteiger partial charge in [-0.05, 0) is 48.2 Å². The second-order valence-electron chi connectivity index (χ2n) is 4.90. The minimum Gasteiger partial charge on any atom is -0.406 e. The Morgan fingerprint density at radius 3 is 1.95 bits per heavy atom. The fourth-order valence-electron chi connectivity index (χ4n) is 2.36. The molecule has 0 amide bonds. The molecule has 0 unspecified atom stereocenters. The molecule has 21 heavy (non-hydrogen) atoms. The van der Waals surface area contributed by atoms with Crippen molar-refractivity contribution in [1.82, 2.24) is 0 Å². The van der Waals surface area contributed by atoms with E-state index in [0.717, 1.165) is 22.3 Å².